The van der Waals surface area contributed by atoms with E-state index in [2.05, 4.69) is 4.90 Å². The monoisotopic (exact) mass is 177 g/mol. The van der Waals surface area contributed by atoms with Crippen LogP contribution in [0.25, 0.3) is 0 Å². The summed E-state index contributed by atoms with van der Waals surface area (Å²) in [5, 5.41) is -0.396. The second kappa shape index (κ2) is 2.75. The van der Waals surface area contributed by atoms with Crippen molar-refractivity contribution in [3.05, 3.63) is 0 Å². The molecule has 2 unspecified atom stereocenters. The lowest BCUT2D eigenvalue weighted by Crippen LogP contribution is -2.48. The van der Waals surface area contributed by atoms with Crippen LogP contribution in [0.1, 0.15) is 13.8 Å². The average Bonchev–Trinajstić information content (AvgIpc) is 1.84. The Labute approximate surface area is 68.3 Å². The highest BCUT2D eigenvalue weighted by atomic mass is 32.2. The lowest BCUT2D eigenvalue weighted by molar-refractivity contribution is 0.315. The predicted molar refractivity (Wildman–Crippen MR) is 45.3 cm³/mol. The van der Waals surface area contributed by atoms with E-state index in [-0.39, 0.29) is 10.5 Å². The van der Waals surface area contributed by atoms with Gasteiger partial charge in [-0.2, -0.15) is 0 Å². The van der Waals surface area contributed by atoms with Crippen LogP contribution >= 0.6 is 0 Å². The van der Waals surface area contributed by atoms with Crippen LogP contribution < -0.4 is 0 Å². The van der Waals surface area contributed by atoms with Gasteiger partial charge in [0.15, 0.2) is 9.84 Å². The Kier molecular flexibility index (Phi) is 2.25. The maximum Gasteiger partial charge on any atom is 0.157 e. The summed E-state index contributed by atoms with van der Waals surface area (Å²) in [6, 6.07) is 0. The van der Waals surface area contributed by atoms with Gasteiger partial charge in [0.1, 0.15) is 0 Å². The molecule has 0 radical (unpaired) electrons. The Morgan fingerprint density at radius 2 is 1.55 bits per heavy atom. The van der Waals surface area contributed by atoms with Crippen LogP contribution in [0, 0.1) is 0 Å². The summed E-state index contributed by atoms with van der Waals surface area (Å²) < 4.78 is 22.9. The first-order valence-corrected chi connectivity index (χ1v) is 5.47. The van der Waals surface area contributed by atoms with Gasteiger partial charge in [-0.1, -0.05) is 0 Å². The Hall–Kier alpha value is -0.0900. The van der Waals surface area contributed by atoms with Crippen molar-refractivity contribution >= 4 is 9.84 Å². The van der Waals surface area contributed by atoms with E-state index in [4.69, 9.17) is 0 Å². The van der Waals surface area contributed by atoms with Crippen molar-refractivity contribution in [1.82, 2.24) is 4.90 Å². The fourth-order valence-electron chi connectivity index (χ4n) is 1.56. The Morgan fingerprint density at radius 3 is 1.91 bits per heavy atom. The van der Waals surface area contributed by atoms with Crippen LogP contribution in [0.4, 0.5) is 0 Å². The molecule has 1 heterocycles. The molecule has 1 rings (SSSR count). The van der Waals surface area contributed by atoms with Crippen molar-refractivity contribution in [2.75, 3.05) is 20.1 Å². The maximum atomic E-state index is 11.4. The van der Waals surface area contributed by atoms with Gasteiger partial charge in [0.25, 0.3) is 0 Å². The highest BCUT2D eigenvalue weighted by Gasteiger charge is 2.33. The van der Waals surface area contributed by atoms with E-state index in [9.17, 15) is 8.42 Å². The second-order valence-electron chi connectivity index (χ2n) is 3.43. The van der Waals surface area contributed by atoms with E-state index < -0.39 is 9.84 Å². The summed E-state index contributed by atoms with van der Waals surface area (Å²) in [6.45, 7) is 4.91. The first kappa shape index (κ1) is 9.00. The minimum Gasteiger partial charge on any atom is -0.304 e. The topological polar surface area (TPSA) is 37.4 Å². The molecule has 1 aliphatic rings. The molecule has 0 aromatic rings. The van der Waals surface area contributed by atoms with Crippen molar-refractivity contribution in [2.24, 2.45) is 0 Å². The molecule has 0 aromatic carbocycles. The van der Waals surface area contributed by atoms with Gasteiger partial charge in [0.05, 0.1) is 10.5 Å². The quantitative estimate of drug-likeness (QED) is 0.527. The number of rotatable bonds is 0. The molecule has 66 valence electrons. The lowest BCUT2D eigenvalue weighted by atomic mass is 10.3. The fraction of sp³-hybridized carbons (Fsp3) is 1.00. The van der Waals surface area contributed by atoms with E-state index in [1.165, 1.54) is 0 Å². The van der Waals surface area contributed by atoms with Gasteiger partial charge in [-0.25, -0.2) is 8.42 Å². The Morgan fingerprint density at radius 1 is 1.18 bits per heavy atom. The summed E-state index contributed by atoms with van der Waals surface area (Å²) in [7, 11) is -0.855. The molecule has 3 nitrogen and oxygen atoms in total. The average molecular weight is 177 g/mol. The minimum atomic E-state index is -2.81. The summed E-state index contributed by atoms with van der Waals surface area (Å²) in [4.78, 5) is 2.07. The Bertz CT molecular complexity index is 217. The van der Waals surface area contributed by atoms with E-state index in [0.29, 0.717) is 13.1 Å². The van der Waals surface area contributed by atoms with Crippen LogP contribution in [0.3, 0.4) is 0 Å². The SMILES string of the molecule is CC1CN(C)CC(C)S1(=O)=O. The zero-order chi connectivity index (χ0) is 8.65. The zero-order valence-electron chi connectivity index (χ0n) is 7.24. The maximum absolute atomic E-state index is 11.4. The van der Waals surface area contributed by atoms with E-state index >= 15 is 0 Å². The third kappa shape index (κ3) is 1.56. The van der Waals surface area contributed by atoms with Crippen LogP contribution in [-0.2, 0) is 9.84 Å². The van der Waals surface area contributed by atoms with Gasteiger partial charge >= 0.3 is 0 Å². The molecule has 0 spiro atoms. The van der Waals surface area contributed by atoms with Crippen molar-refractivity contribution in [3.8, 4) is 0 Å². The van der Waals surface area contributed by atoms with Gasteiger partial charge in [-0.3, -0.25) is 0 Å². The van der Waals surface area contributed by atoms with Crippen LogP contribution in [0.2, 0.25) is 0 Å². The molecule has 0 bridgehead atoms. The molecule has 0 aliphatic carbocycles. The standard InChI is InChI=1S/C7H15NO2S/c1-6-4-8(3)5-7(2)11(6,9)10/h6-7H,4-5H2,1-3H3. The summed E-state index contributed by atoms with van der Waals surface area (Å²) in [5.74, 6) is 0. The fourth-order valence-corrected chi connectivity index (χ4v) is 3.27. The molecular weight excluding hydrogens is 162 g/mol. The van der Waals surface area contributed by atoms with E-state index in [1.807, 2.05) is 7.05 Å². The third-order valence-corrected chi connectivity index (χ3v) is 4.80. The van der Waals surface area contributed by atoms with Crippen LogP contribution in [0.15, 0.2) is 0 Å². The van der Waals surface area contributed by atoms with Crippen molar-refractivity contribution in [2.45, 2.75) is 24.3 Å². The van der Waals surface area contributed by atoms with Gasteiger partial charge < -0.3 is 4.90 Å². The van der Waals surface area contributed by atoms with Crippen molar-refractivity contribution in [1.29, 1.82) is 0 Å². The second-order valence-corrected chi connectivity index (χ2v) is 6.22. The van der Waals surface area contributed by atoms with Crippen LogP contribution in [0.5, 0.6) is 0 Å². The lowest BCUT2D eigenvalue weighted by Gasteiger charge is -2.31. The van der Waals surface area contributed by atoms with Crippen molar-refractivity contribution < 1.29 is 8.42 Å². The molecule has 4 heteroatoms. The smallest absolute Gasteiger partial charge is 0.157 e. The van der Waals surface area contributed by atoms with Gasteiger partial charge in [-0.15, -0.1) is 0 Å². The molecule has 0 saturated carbocycles. The third-order valence-electron chi connectivity index (χ3n) is 2.26. The van der Waals surface area contributed by atoms with Crippen LogP contribution in [-0.4, -0.2) is 44.0 Å². The molecule has 1 aliphatic heterocycles. The Balaban J connectivity index is 2.85. The number of hydrogen-bond donors (Lipinski definition) is 0. The minimum absolute atomic E-state index is 0.198. The first-order chi connectivity index (χ1) is 4.94. The predicted octanol–water partition coefficient (Wildman–Crippen LogP) is 0.124. The summed E-state index contributed by atoms with van der Waals surface area (Å²) in [6.07, 6.45) is 0. The first-order valence-electron chi connectivity index (χ1n) is 3.86. The highest BCUT2D eigenvalue weighted by Crippen LogP contribution is 2.16. The molecular formula is C7H15NO2S. The molecule has 0 N–H and O–H groups in total. The molecule has 1 saturated heterocycles. The zero-order valence-corrected chi connectivity index (χ0v) is 8.06. The summed E-state index contributed by atoms with van der Waals surface area (Å²) in [5.41, 5.74) is 0. The number of hydrogen-bond acceptors (Lipinski definition) is 3. The van der Waals surface area contributed by atoms with E-state index in [1.54, 1.807) is 13.8 Å². The number of sulfone groups is 1. The molecule has 11 heavy (non-hydrogen) atoms. The van der Waals surface area contributed by atoms with Crippen molar-refractivity contribution in [3.63, 3.8) is 0 Å². The largest absolute Gasteiger partial charge is 0.304 e. The van der Waals surface area contributed by atoms with Gasteiger partial charge in [0, 0.05) is 13.1 Å². The normalized spacial score (nSPS) is 38.8. The van der Waals surface area contributed by atoms with Gasteiger partial charge in [0.2, 0.25) is 0 Å². The van der Waals surface area contributed by atoms with E-state index in [0.717, 1.165) is 0 Å². The number of nitrogens with zero attached hydrogens (tertiary/aromatic N) is 1. The molecule has 0 amide bonds. The summed E-state index contributed by atoms with van der Waals surface area (Å²) >= 11 is 0. The van der Waals surface area contributed by atoms with Gasteiger partial charge in [-0.05, 0) is 20.9 Å². The molecule has 2 atom stereocenters. The highest BCUT2D eigenvalue weighted by molar-refractivity contribution is 7.92. The molecule has 1 fully saturated rings. The molecule has 0 aromatic heterocycles.